The van der Waals surface area contributed by atoms with Gasteiger partial charge in [-0.2, -0.15) is 0 Å². The molecule has 0 saturated heterocycles. The van der Waals surface area contributed by atoms with E-state index in [1.165, 1.54) is 31.2 Å². The molecule has 0 aromatic heterocycles. The Morgan fingerprint density at radius 2 is 1.95 bits per heavy atom. The van der Waals surface area contributed by atoms with Gasteiger partial charge in [0.2, 0.25) is 0 Å². The van der Waals surface area contributed by atoms with Crippen LogP contribution in [0, 0.1) is 11.3 Å². The van der Waals surface area contributed by atoms with Gasteiger partial charge in [0.05, 0.1) is 13.2 Å². The second kappa shape index (κ2) is 6.62. The van der Waals surface area contributed by atoms with Gasteiger partial charge >= 0.3 is 0 Å². The monoisotopic (exact) mass is 276 g/mol. The van der Waals surface area contributed by atoms with Crippen molar-refractivity contribution in [1.82, 2.24) is 0 Å². The molecule has 2 rings (SSSR count). The van der Waals surface area contributed by atoms with Crippen LogP contribution in [-0.4, -0.2) is 18.3 Å². The number of hydrogen-bond donors (Lipinski definition) is 1. The number of hydrogen-bond acceptors (Lipinski definition) is 2. The van der Waals surface area contributed by atoms with Crippen LogP contribution in [0.3, 0.4) is 0 Å². The van der Waals surface area contributed by atoms with Gasteiger partial charge in [-0.25, -0.2) is 0 Å². The van der Waals surface area contributed by atoms with Gasteiger partial charge in [0.1, 0.15) is 5.75 Å². The van der Waals surface area contributed by atoms with Crippen molar-refractivity contribution in [3.05, 3.63) is 29.8 Å². The molecule has 1 N–H and O–H groups in total. The molecule has 0 amide bonds. The maximum absolute atomic E-state index is 10.8. The van der Waals surface area contributed by atoms with E-state index in [4.69, 9.17) is 4.74 Å². The summed E-state index contributed by atoms with van der Waals surface area (Å²) >= 11 is 0. The van der Waals surface area contributed by atoms with E-state index >= 15 is 0 Å². The van der Waals surface area contributed by atoms with Crippen molar-refractivity contribution in [2.24, 2.45) is 11.3 Å². The summed E-state index contributed by atoms with van der Waals surface area (Å²) in [6.45, 7) is 4.52. The van der Waals surface area contributed by atoms with E-state index in [0.717, 1.165) is 18.6 Å². The average molecular weight is 276 g/mol. The van der Waals surface area contributed by atoms with Gasteiger partial charge in [-0.05, 0) is 54.7 Å². The molecule has 0 radical (unpaired) electrons. The molecule has 1 aromatic carbocycles. The van der Waals surface area contributed by atoms with Crippen molar-refractivity contribution < 1.29 is 9.84 Å². The number of aliphatic hydroxyl groups excluding tert-OH is 1. The third-order valence-electron chi connectivity index (χ3n) is 4.68. The standard InChI is InChI=1S/C18H28O2/c1-14(2)13-18(9-4-5-10-18)17(19)12-15-7-6-8-16(11-15)20-3/h6-8,11,14,17,19H,4-5,9-10,12-13H2,1-3H3. The van der Waals surface area contributed by atoms with Crippen molar-refractivity contribution in [2.45, 2.75) is 58.5 Å². The van der Waals surface area contributed by atoms with E-state index in [-0.39, 0.29) is 11.5 Å². The van der Waals surface area contributed by atoms with Crippen LogP contribution in [0.1, 0.15) is 51.5 Å². The summed E-state index contributed by atoms with van der Waals surface area (Å²) in [7, 11) is 1.69. The molecule has 1 saturated carbocycles. The van der Waals surface area contributed by atoms with Crippen LogP contribution in [0.4, 0.5) is 0 Å². The zero-order chi connectivity index (χ0) is 14.6. The summed E-state index contributed by atoms with van der Waals surface area (Å²) in [6, 6.07) is 8.09. The molecule has 112 valence electrons. The van der Waals surface area contributed by atoms with Gasteiger partial charge < -0.3 is 9.84 Å². The molecule has 0 aliphatic heterocycles. The van der Waals surface area contributed by atoms with Crippen molar-refractivity contribution in [3.8, 4) is 5.75 Å². The van der Waals surface area contributed by atoms with E-state index in [1.807, 2.05) is 18.2 Å². The Labute approximate surface area is 123 Å². The molecule has 1 atom stereocenters. The highest BCUT2D eigenvalue weighted by molar-refractivity contribution is 5.29. The Balaban J connectivity index is 2.09. The highest BCUT2D eigenvalue weighted by Crippen LogP contribution is 2.46. The van der Waals surface area contributed by atoms with Crippen molar-refractivity contribution >= 4 is 0 Å². The number of benzene rings is 1. The lowest BCUT2D eigenvalue weighted by Gasteiger charge is -2.36. The Kier molecular flexibility index (Phi) is 5.09. The van der Waals surface area contributed by atoms with Crippen molar-refractivity contribution in [3.63, 3.8) is 0 Å². The zero-order valence-electron chi connectivity index (χ0n) is 13.1. The summed E-state index contributed by atoms with van der Waals surface area (Å²) in [4.78, 5) is 0. The third-order valence-corrected chi connectivity index (χ3v) is 4.68. The van der Waals surface area contributed by atoms with Gasteiger partial charge in [0, 0.05) is 0 Å². The molecule has 1 fully saturated rings. The van der Waals surface area contributed by atoms with Gasteiger partial charge in [0.15, 0.2) is 0 Å². The summed E-state index contributed by atoms with van der Waals surface area (Å²) < 4.78 is 5.27. The van der Waals surface area contributed by atoms with E-state index in [2.05, 4.69) is 19.9 Å². The largest absolute Gasteiger partial charge is 0.497 e. The van der Waals surface area contributed by atoms with Gasteiger partial charge in [-0.1, -0.05) is 38.8 Å². The molecule has 1 aromatic rings. The zero-order valence-corrected chi connectivity index (χ0v) is 13.1. The van der Waals surface area contributed by atoms with Crippen LogP contribution < -0.4 is 4.74 Å². The van der Waals surface area contributed by atoms with Crippen LogP contribution in [0.25, 0.3) is 0 Å². The number of rotatable bonds is 6. The summed E-state index contributed by atoms with van der Waals surface area (Å²) in [5.41, 5.74) is 1.31. The summed E-state index contributed by atoms with van der Waals surface area (Å²) in [5, 5.41) is 10.8. The maximum atomic E-state index is 10.8. The molecule has 0 bridgehead atoms. The second-order valence-electron chi connectivity index (χ2n) is 6.74. The first-order chi connectivity index (χ1) is 9.55. The Bertz CT molecular complexity index is 419. The van der Waals surface area contributed by atoms with Gasteiger partial charge in [-0.3, -0.25) is 0 Å². The minimum Gasteiger partial charge on any atom is -0.497 e. The lowest BCUT2D eigenvalue weighted by Crippen LogP contribution is -2.35. The Morgan fingerprint density at radius 1 is 1.25 bits per heavy atom. The van der Waals surface area contributed by atoms with Crippen LogP contribution in [0.5, 0.6) is 5.75 Å². The SMILES string of the molecule is COc1cccc(CC(O)C2(CC(C)C)CCCC2)c1. The molecule has 0 heterocycles. The normalized spacial score (nSPS) is 19.2. The van der Waals surface area contributed by atoms with Crippen LogP contribution >= 0.6 is 0 Å². The van der Waals surface area contributed by atoms with Gasteiger partial charge in [0.25, 0.3) is 0 Å². The summed E-state index contributed by atoms with van der Waals surface area (Å²) in [5.74, 6) is 1.52. The Morgan fingerprint density at radius 3 is 2.55 bits per heavy atom. The molecule has 1 aliphatic rings. The molecule has 2 heteroatoms. The third kappa shape index (κ3) is 3.54. The van der Waals surface area contributed by atoms with Crippen LogP contribution in [0.2, 0.25) is 0 Å². The lowest BCUT2D eigenvalue weighted by molar-refractivity contribution is 0.0133. The fraction of sp³-hybridized carbons (Fsp3) is 0.667. The molecule has 20 heavy (non-hydrogen) atoms. The minimum absolute atomic E-state index is 0.136. The van der Waals surface area contributed by atoms with E-state index < -0.39 is 0 Å². The van der Waals surface area contributed by atoms with Crippen LogP contribution in [-0.2, 0) is 6.42 Å². The van der Waals surface area contributed by atoms with Crippen LogP contribution in [0.15, 0.2) is 24.3 Å². The quantitative estimate of drug-likeness (QED) is 0.843. The number of aliphatic hydroxyl groups is 1. The van der Waals surface area contributed by atoms with E-state index in [1.54, 1.807) is 7.11 Å². The number of ether oxygens (including phenoxy) is 1. The first-order valence-corrected chi connectivity index (χ1v) is 7.87. The fourth-order valence-electron chi connectivity index (χ4n) is 3.80. The fourth-order valence-corrected chi connectivity index (χ4v) is 3.80. The van der Waals surface area contributed by atoms with Gasteiger partial charge in [-0.15, -0.1) is 0 Å². The molecule has 1 aliphatic carbocycles. The van der Waals surface area contributed by atoms with Crippen molar-refractivity contribution in [2.75, 3.05) is 7.11 Å². The summed E-state index contributed by atoms with van der Waals surface area (Å²) in [6.07, 6.45) is 6.53. The predicted molar refractivity (Wildman–Crippen MR) is 83.1 cm³/mol. The maximum Gasteiger partial charge on any atom is 0.119 e. The Hall–Kier alpha value is -1.02. The first-order valence-electron chi connectivity index (χ1n) is 7.87. The topological polar surface area (TPSA) is 29.5 Å². The smallest absolute Gasteiger partial charge is 0.119 e. The average Bonchev–Trinajstić information content (AvgIpc) is 2.88. The highest BCUT2D eigenvalue weighted by atomic mass is 16.5. The second-order valence-corrected chi connectivity index (χ2v) is 6.74. The molecular formula is C18H28O2. The van der Waals surface area contributed by atoms with E-state index in [9.17, 15) is 5.11 Å². The molecule has 0 spiro atoms. The lowest BCUT2D eigenvalue weighted by atomic mass is 9.72. The highest BCUT2D eigenvalue weighted by Gasteiger charge is 2.40. The predicted octanol–water partition coefficient (Wildman–Crippen LogP) is 4.21. The van der Waals surface area contributed by atoms with E-state index in [0.29, 0.717) is 5.92 Å². The first kappa shape index (κ1) is 15.4. The van der Waals surface area contributed by atoms with Crippen molar-refractivity contribution in [1.29, 1.82) is 0 Å². The molecular weight excluding hydrogens is 248 g/mol. The number of methoxy groups -OCH3 is 1. The minimum atomic E-state index is -0.237. The molecule has 1 unspecified atom stereocenters. The molecule has 2 nitrogen and oxygen atoms in total.